The van der Waals surface area contributed by atoms with Crippen LogP contribution in [-0.2, 0) is 0 Å². The summed E-state index contributed by atoms with van der Waals surface area (Å²) in [7, 11) is 0. The van der Waals surface area contributed by atoms with Gasteiger partial charge < -0.3 is 8.83 Å². The van der Waals surface area contributed by atoms with Crippen LogP contribution in [0.5, 0.6) is 0 Å². The van der Waals surface area contributed by atoms with Gasteiger partial charge in [0, 0.05) is 5.56 Å². The molecular weight excluding hydrogens is 292 g/mol. The lowest BCUT2D eigenvalue weighted by Crippen LogP contribution is -1.71. The maximum atomic E-state index is 5.83. The van der Waals surface area contributed by atoms with Gasteiger partial charge in [0.15, 0.2) is 11.5 Å². The lowest BCUT2D eigenvalue weighted by molar-refractivity contribution is 0.511. The van der Waals surface area contributed by atoms with Crippen molar-refractivity contribution in [3.8, 4) is 22.8 Å². The smallest absolute Gasteiger partial charge is 0.183 e. The van der Waals surface area contributed by atoms with Crippen LogP contribution in [0.3, 0.4) is 0 Å². The summed E-state index contributed by atoms with van der Waals surface area (Å²) < 4.78 is 12.3. The van der Waals surface area contributed by atoms with E-state index in [-0.39, 0.29) is 0 Å². The van der Waals surface area contributed by atoms with Crippen molar-refractivity contribution < 1.29 is 8.83 Å². The normalized spacial score (nSPS) is 10.8. The predicted octanol–water partition coefficient (Wildman–Crippen LogP) is 5.28. The number of hydrogen-bond donors (Lipinski definition) is 0. The van der Waals surface area contributed by atoms with Crippen LogP contribution < -0.4 is 0 Å². The first-order valence-electron chi connectivity index (χ1n) is 5.65. The molecule has 0 saturated carbocycles. The van der Waals surface area contributed by atoms with E-state index in [0.717, 1.165) is 33.1 Å². The number of hydrogen-bond acceptors (Lipinski definition) is 2. The Morgan fingerprint density at radius 3 is 2.28 bits per heavy atom. The maximum absolute atomic E-state index is 5.83. The van der Waals surface area contributed by atoms with Gasteiger partial charge in [0.05, 0.1) is 4.47 Å². The second-order valence-corrected chi connectivity index (χ2v) is 4.92. The second kappa shape index (κ2) is 4.50. The van der Waals surface area contributed by atoms with Gasteiger partial charge in [0.1, 0.15) is 11.5 Å². The van der Waals surface area contributed by atoms with Crippen molar-refractivity contribution in [2.24, 2.45) is 0 Å². The quantitative estimate of drug-likeness (QED) is 0.644. The van der Waals surface area contributed by atoms with Crippen molar-refractivity contribution in [3.05, 3.63) is 58.8 Å². The van der Waals surface area contributed by atoms with Crippen LogP contribution in [0.25, 0.3) is 22.8 Å². The Labute approximate surface area is 113 Å². The zero-order valence-corrected chi connectivity index (χ0v) is 11.4. The zero-order chi connectivity index (χ0) is 12.5. The largest absolute Gasteiger partial charge is 0.457 e. The topological polar surface area (TPSA) is 26.3 Å². The molecule has 1 aromatic carbocycles. The van der Waals surface area contributed by atoms with E-state index in [4.69, 9.17) is 8.83 Å². The fourth-order valence-corrected chi connectivity index (χ4v) is 2.47. The van der Waals surface area contributed by atoms with Crippen LogP contribution >= 0.6 is 15.9 Å². The number of benzene rings is 1. The molecule has 0 aliphatic rings. The molecule has 0 N–H and O–H groups in total. The van der Waals surface area contributed by atoms with E-state index in [0.29, 0.717) is 0 Å². The summed E-state index contributed by atoms with van der Waals surface area (Å²) in [4.78, 5) is 0. The average molecular weight is 303 g/mol. The van der Waals surface area contributed by atoms with Gasteiger partial charge in [0.2, 0.25) is 0 Å². The molecule has 3 heteroatoms. The minimum absolute atomic E-state index is 0.730. The van der Waals surface area contributed by atoms with Crippen LogP contribution in [0, 0.1) is 6.92 Å². The molecular formula is C15H11BrO2. The third-order valence-corrected chi connectivity index (χ3v) is 3.29. The van der Waals surface area contributed by atoms with E-state index < -0.39 is 0 Å². The molecule has 0 spiro atoms. The van der Waals surface area contributed by atoms with E-state index in [1.165, 1.54) is 0 Å². The third kappa shape index (κ3) is 2.02. The molecule has 0 radical (unpaired) electrons. The number of rotatable bonds is 2. The highest BCUT2D eigenvalue weighted by molar-refractivity contribution is 9.10. The van der Waals surface area contributed by atoms with Gasteiger partial charge in [-0.3, -0.25) is 0 Å². The molecule has 0 aliphatic carbocycles. The van der Waals surface area contributed by atoms with Gasteiger partial charge in [-0.25, -0.2) is 0 Å². The second-order valence-electron chi connectivity index (χ2n) is 4.06. The molecule has 0 fully saturated rings. The highest BCUT2D eigenvalue weighted by atomic mass is 79.9. The minimum Gasteiger partial charge on any atom is -0.457 e. The summed E-state index contributed by atoms with van der Waals surface area (Å²) in [5, 5.41) is 0. The zero-order valence-electron chi connectivity index (χ0n) is 9.81. The molecule has 0 atom stereocenters. The van der Waals surface area contributed by atoms with E-state index in [9.17, 15) is 0 Å². The summed E-state index contributed by atoms with van der Waals surface area (Å²) in [5.41, 5.74) is 1.06. The molecule has 90 valence electrons. The van der Waals surface area contributed by atoms with E-state index >= 15 is 0 Å². The molecule has 0 bridgehead atoms. The fraction of sp³-hybridized carbons (Fsp3) is 0.0667. The predicted molar refractivity (Wildman–Crippen MR) is 74.3 cm³/mol. The summed E-state index contributed by atoms with van der Waals surface area (Å²) in [6, 6.07) is 15.8. The molecule has 0 aliphatic heterocycles. The van der Waals surface area contributed by atoms with Crippen molar-refractivity contribution in [3.63, 3.8) is 0 Å². The Morgan fingerprint density at radius 1 is 0.889 bits per heavy atom. The Kier molecular flexibility index (Phi) is 2.84. The van der Waals surface area contributed by atoms with Crippen molar-refractivity contribution in [1.82, 2.24) is 0 Å². The van der Waals surface area contributed by atoms with Crippen molar-refractivity contribution in [1.29, 1.82) is 0 Å². The van der Waals surface area contributed by atoms with Gasteiger partial charge >= 0.3 is 0 Å². The maximum Gasteiger partial charge on any atom is 0.183 e. The minimum atomic E-state index is 0.730. The summed E-state index contributed by atoms with van der Waals surface area (Å²) in [6.45, 7) is 1.91. The first kappa shape index (κ1) is 11.4. The van der Waals surface area contributed by atoms with E-state index in [2.05, 4.69) is 15.9 Å². The highest BCUT2D eigenvalue weighted by Crippen LogP contribution is 2.34. The summed E-state index contributed by atoms with van der Waals surface area (Å²) in [6.07, 6.45) is 0. The van der Waals surface area contributed by atoms with E-state index in [1.807, 2.05) is 55.5 Å². The van der Waals surface area contributed by atoms with Crippen LogP contribution in [-0.4, -0.2) is 0 Å². The Bertz CT molecular complexity index is 665. The van der Waals surface area contributed by atoms with E-state index in [1.54, 1.807) is 0 Å². The van der Waals surface area contributed by atoms with Crippen molar-refractivity contribution >= 4 is 15.9 Å². The molecule has 2 heterocycles. The van der Waals surface area contributed by atoms with Crippen LogP contribution in [0.2, 0.25) is 0 Å². The van der Waals surface area contributed by atoms with Crippen molar-refractivity contribution in [2.45, 2.75) is 6.92 Å². The van der Waals surface area contributed by atoms with Crippen molar-refractivity contribution in [2.75, 3.05) is 0 Å². The van der Waals surface area contributed by atoms with Gasteiger partial charge in [0.25, 0.3) is 0 Å². The van der Waals surface area contributed by atoms with Crippen LogP contribution in [0.4, 0.5) is 0 Å². The SMILES string of the molecule is Cc1cc(Br)c(-c2ccc(-c3ccccc3)o2)o1. The number of furan rings is 2. The van der Waals surface area contributed by atoms with Gasteiger partial charge in [-0.15, -0.1) is 0 Å². The van der Waals surface area contributed by atoms with Gasteiger partial charge in [-0.2, -0.15) is 0 Å². The number of halogens is 1. The Hall–Kier alpha value is -1.74. The Balaban J connectivity index is 2.02. The monoisotopic (exact) mass is 302 g/mol. The summed E-state index contributed by atoms with van der Waals surface area (Å²) in [5.74, 6) is 3.16. The fourth-order valence-electron chi connectivity index (χ4n) is 1.87. The lowest BCUT2D eigenvalue weighted by Gasteiger charge is -1.96. The van der Waals surface area contributed by atoms with Crippen LogP contribution in [0.1, 0.15) is 5.76 Å². The molecule has 2 aromatic heterocycles. The molecule has 2 nitrogen and oxygen atoms in total. The first-order chi connectivity index (χ1) is 8.74. The molecule has 0 saturated heterocycles. The van der Waals surface area contributed by atoms with Gasteiger partial charge in [-0.05, 0) is 41.1 Å². The molecule has 0 amide bonds. The summed E-state index contributed by atoms with van der Waals surface area (Å²) >= 11 is 3.47. The Morgan fingerprint density at radius 2 is 1.61 bits per heavy atom. The molecule has 18 heavy (non-hydrogen) atoms. The molecule has 3 rings (SSSR count). The van der Waals surface area contributed by atoms with Gasteiger partial charge in [-0.1, -0.05) is 30.3 Å². The highest BCUT2D eigenvalue weighted by Gasteiger charge is 2.13. The first-order valence-corrected chi connectivity index (χ1v) is 6.45. The third-order valence-electron chi connectivity index (χ3n) is 2.70. The average Bonchev–Trinajstić information content (AvgIpc) is 2.97. The lowest BCUT2D eigenvalue weighted by atomic mass is 10.2. The molecule has 3 aromatic rings. The standard InChI is InChI=1S/C15H11BrO2/c1-10-9-12(16)15(17-10)14-8-7-13(18-14)11-5-3-2-4-6-11/h2-9H,1H3. The van der Waals surface area contributed by atoms with Crippen LogP contribution in [0.15, 0.2) is 61.8 Å². The number of aryl methyl sites for hydroxylation is 1. The molecule has 0 unspecified atom stereocenters.